The zero-order valence-electron chi connectivity index (χ0n) is 12.4. The number of nitrogens with zero attached hydrogens (tertiary/aromatic N) is 1. The molecule has 3 aromatic carbocycles. The maximum Gasteiger partial charge on any atom is 0.148 e. The van der Waals surface area contributed by atoms with Crippen LogP contribution in [0.4, 0.5) is 10.1 Å². The van der Waals surface area contributed by atoms with Crippen LogP contribution >= 0.6 is 0 Å². The fourth-order valence-corrected chi connectivity index (χ4v) is 2.65. The Kier molecular flexibility index (Phi) is 3.39. The molecular formula is C20H14FNO. The largest absolute Gasteiger partial charge is 0.485 e. The quantitative estimate of drug-likeness (QED) is 0.652. The molecule has 1 aliphatic rings. The normalized spacial score (nSPS) is 13.0. The summed E-state index contributed by atoms with van der Waals surface area (Å²) in [6.45, 7) is 0.348. The van der Waals surface area contributed by atoms with E-state index in [2.05, 4.69) is 29.3 Å². The van der Waals surface area contributed by atoms with Gasteiger partial charge in [-0.05, 0) is 28.8 Å². The lowest BCUT2D eigenvalue weighted by Crippen LogP contribution is -2.16. The number of fused-ring (bicyclic) bond motifs is 1. The Hall–Kier alpha value is -2.94. The lowest BCUT2D eigenvalue weighted by Gasteiger charge is -2.17. The Morgan fingerprint density at radius 3 is 2.26 bits per heavy atom. The lowest BCUT2D eigenvalue weighted by molar-refractivity contribution is 0.370. The van der Waals surface area contributed by atoms with Crippen molar-refractivity contribution in [3.63, 3.8) is 0 Å². The van der Waals surface area contributed by atoms with Crippen LogP contribution in [0, 0.1) is 5.82 Å². The Balaban J connectivity index is 1.65. The van der Waals surface area contributed by atoms with Gasteiger partial charge in [-0.15, -0.1) is 0 Å². The maximum atomic E-state index is 13.2. The number of aliphatic imine (C=N–C) groups is 1. The number of halogens is 1. The van der Waals surface area contributed by atoms with E-state index < -0.39 is 0 Å². The molecule has 0 spiro atoms. The van der Waals surface area contributed by atoms with E-state index in [0.717, 1.165) is 16.8 Å². The summed E-state index contributed by atoms with van der Waals surface area (Å²) in [6.07, 6.45) is 0. The van der Waals surface area contributed by atoms with Crippen LogP contribution in [-0.4, -0.2) is 12.3 Å². The summed E-state index contributed by atoms with van der Waals surface area (Å²) in [5, 5.41) is 0. The van der Waals surface area contributed by atoms with E-state index in [1.165, 1.54) is 17.7 Å². The van der Waals surface area contributed by atoms with Gasteiger partial charge in [0.25, 0.3) is 0 Å². The first-order valence-corrected chi connectivity index (χ1v) is 7.45. The van der Waals surface area contributed by atoms with Crippen LogP contribution in [0.15, 0.2) is 77.8 Å². The summed E-state index contributed by atoms with van der Waals surface area (Å²) >= 11 is 0. The number of rotatable bonds is 2. The van der Waals surface area contributed by atoms with Crippen molar-refractivity contribution in [1.82, 2.24) is 0 Å². The zero-order valence-corrected chi connectivity index (χ0v) is 12.4. The predicted molar refractivity (Wildman–Crippen MR) is 90.0 cm³/mol. The first-order valence-electron chi connectivity index (χ1n) is 7.45. The van der Waals surface area contributed by atoms with E-state index >= 15 is 0 Å². The molecule has 0 bridgehead atoms. The minimum absolute atomic E-state index is 0.311. The summed E-state index contributed by atoms with van der Waals surface area (Å²) < 4.78 is 18.8. The average Bonchev–Trinajstić information content (AvgIpc) is 2.62. The summed E-state index contributed by atoms with van der Waals surface area (Å²) in [7, 11) is 0. The Morgan fingerprint density at radius 2 is 1.48 bits per heavy atom. The molecule has 3 aromatic rings. The van der Waals surface area contributed by atoms with Gasteiger partial charge in [-0.2, -0.15) is 0 Å². The van der Waals surface area contributed by atoms with Crippen LogP contribution in [0.3, 0.4) is 0 Å². The third-order valence-corrected chi connectivity index (χ3v) is 3.87. The Labute approximate surface area is 133 Å². The van der Waals surface area contributed by atoms with Crippen molar-refractivity contribution < 1.29 is 9.13 Å². The van der Waals surface area contributed by atoms with Gasteiger partial charge in [0.15, 0.2) is 0 Å². The van der Waals surface area contributed by atoms with Crippen molar-refractivity contribution in [3.8, 4) is 16.9 Å². The van der Waals surface area contributed by atoms with Crippen molar-refractivity contribution in [1.29, 1.82) is 0 Å². The lowest BCUT2D eigenvalue weighted by atomic mass is 10.0. The van der Waals surface area contributed by atoms with Crippen LogP contribution < -0.4 is 4.74 Å². The molecule has 3 heteroatoms. The highest BCUT2D eigenvalue weighted by Crippen LogP contribution is 2.32. The van der Waals surface area contributed by atoms with Crippen molar-refractivity contribution in [2.75, 3.05) is 6.61 Å². The molecule has 0 unspecified atom stereocenters. The second-order valence-electron chi connectivity index (χ2n) is 5.40. The fraction of sp³-hybridized carbons (Fsp3) is 0.0500. The molecular weight excluding hydrogens is 289 g/mol. The second kappa shape index (κ2) is 5.69. The van der Waals surface area contributed by atoms with Crippen LogP contribution in [0.25, 0.3) is 11.1 Å². The zero-order chi connectivity index (χ0) is 15.6. The molecule has 0 N–H and O–H groups in total. The monoisotopic (exact) mass is 303 g/mol. The molecule has 0 fully saturated rings. The van der Waals surface area contributed by atoms with Gasteiger partial charge in [-0.1, -0.05) is 54.6 Å². The smallest absolute Gasteiger partial charge is 0.148 e. The first-order chi connectivity index (χ1) is 11.3. The standard InChI is InChI=1S/C20H14FNO/c21-17-10-11-18-20(12-17)23-13-19(22-18)16-8-6-15(7-9-16)14-4-2-1-3-5-14/h1-12H,13H2. The predicted octanol–water partition coefficient (Wildman–Crippen LogP) is 5.01. The van der Waals surface area contributed by atoms with E-state index in [-0.39, 0.29) is 5.82 Å². The minimum Gasteiger partial charge on any atom is -0.485 e. The van der Waals surface area contributed by atoms with E-state index in [1.807, 2.05) is 30.3 Å². The van der Waals surface area contributed by atoms with Crippen molar-refractivity contribution >= 4 is 11.4 Å². The highest BCUT2D eigenvalue weighted by atomic mass is 19.1. The number of benzene rings is 3. The number of hydrogen-bond acceptors (Lipinski definition) is 2. The summed E-state index contributed by atoms with van der Waals surface area (Å²) in [6, 6.07) is 22.9. The molecule has 2 nitrogen and oxygen atoms in total. The van der Waals surface area contributed by atoms with E-state index in [1.54, 1.807) is 6.07 Å². The van der Waals surface area contributed by atoms with Gasteiger partial charge >= 0.3 is 0 Å². The highest BCUT2D eigenvalue weighted by molar-refractivity contribution is 6.04. The molecule has 0 aliphatic carbocycles. The van der Waals surface area contributed by atoms with E-state index in [9.17, 15) is 4.39 Å². The number of ether oxygens (including phenoxy) is 1. The first kappa shape index (κ1) is 13.7. The van der Waals surface area contributed by atoms with Crippen molar-refractivity contribution in [3.05, 3.63) is 84.2 Å². The van der Waals surface area contributed by atoms with Crippen LogP contribution in [-0.2, 0) is 0 Å². The maximum absolute atomic E-state index is 13.2. The van der Waals surface area contributed by atoms with E-state index in [4.69, 9.17) is 4.74 Å². The molecule has 0 saturated carbocycles. The summed E-state index contributed by atoms with van der Waals surface area (Å²) in [4.78, 5) is 4.58. The molecule has 112 valence electrons. The van der Waals surface area contributed by atoms with Gasteiger partial charge in [-0.3, -0.25) is 0 Å². The second-order valence-corrected chi connectivity index (χ2v) is 5.40. The molecule has 0 saturated heterocycles. The molecule has 4 rings (SSSR count). The molecule has 23 heavy (non-hydrogen) atoms. The minimum atomic E-state index is -0.311. The average molecular weight is 303 g/mol. The summed E-state index contributed by atoms with van der Waals surface area (Å²) in [5.41, 5.74) is 4.87. The van der Waals surface area contributed by atoms with Gasteiger partial charge < -0.3 is 4.74 Å². The number of hydrogen-bond donors (Lipinski definition) is 0. The SMILES string of the molecule is Fc1ccc2c(c1)OCC(c1ccc(-c3ccccc3)cc1)=N2. The third-order valence-electron chi connectivity index (χ3n) is 3.87. The molecule has 1 aliphatic heterocycles. The molecule has 0 aromatic heterocycles. The van der Waals surface area contributed by atoms with Gasteiger partial charge in [0, 0.05) is 6.07 Å². The van der Waals surface area contributed by atoms with E-state index in [0.29, 0.717) is 18.0 Å². The Morgan fingerprint density at radius 1 is 0.783 bits per heavy atom. The van der Waals surface area contributed by atoms with Gasteiger partial charge in [-0.25, -0.2) is 9.38 Å². The topological polar surface area (TPSA) is 21.6 Å². The van der Waals surface area contributed by atoms with Gasteiger partial charge in [0.2, 0.25) is 0 Å². The third kappa shape index (κ3) is 2.73. The van der Waals surface area contributed by atoms with Crippen molar-refractivity contribution in [2.24, 2.45) is 4.99 Å². The Bertz CT molecular complexity index is 870. The fourth-order valence-electron chi connectivity index (χ4n) is 2.65. The summed E-state index contributed by atoms with van der Waals surface area (Å²) in [5.74, 6) is 0.185. The van der Waals surface area contributed by atoms with Crippen LogP contribution in [0.1, 0.15) is 5.56 Å². The molecule has 0 amide bonds. The van der Waals surface area contributed by atoms with Crippen LogP contribution in [0.2, 0.25) is 0 Å². The highest BCUT2D eigenvalue weighted by Gasteiger charge is 2.15. The molecule has 0 atom stereocenters. The van der Waals surface area contributed by atoms with Crippen LogP contribution in [0.5, 0.6) is 5.75 Å². The van der Waals surface area contributed by atoms with Gasteiger partial charge in [0.1, 0.15) is 23.9 Å². The molecule has 0 radical (unpaired) electrons. The van der Waals surface area contributed by atoms with Gasteiger partial charge in [0.05, 0.1) is 5.71 Å². The molecule has 1 heterocycles. The van der Waals surface area contributed by atoms with Crippen molar-refractivity contribution in [2.45, 2.75) is 0 Å².